The van der Waals surface area contributed by atoms with Crippen molar-refractivity contribution in [3.8, 4) is 0 Å². The maximum Gasteiger partial charge on any atom is 0.276 e. The number of fused-ring (bicyclic) bond motifs is 1. The second-order valence-electron chi connectivity index (χ2n) is 6.49. The molecule has 0 saturated heterocycles. The summed E-state index contributed by atoms with van der Waals surface area (Å²) in [6.07, 6.45) is 6.94. The molecule has 1 aromatic heterocycles. The highest BCUT2D eigenvalue weighted by Gasteiger charge is 2.30. The number of rotatable bonds is 3. The first-order chi connectivity index (χ1) is 12.1. The van der Waals surface area contributed by atoms with E-state index < -0.39 is 0 Å². The van der Waals surface area contributed by atoms with Crippen molar-refractivity contribution >= 4 is 28.8 Å². The lowest BCUT2D eigenvalue weighted by Crippen LogP contribution is -2.46. The van der Waals surface area contributed by atoms with Gasteiger partial charge in [-0.1, -0.05) is 6.07 Å². The maximum atomic E-state index is 12.2. The second kappa shape index (κ2) is 6.33. The monoisotopic (exact) mass is 339 g/mol. The number of carbonyl (C=O) groups is 1. The molecule has 130 valence electrons. The number of aromatic nitrogens is 2. The molecule has 1 aliphatic heterocycles. The quantitative estimate of drug-likeness (QED) is 0.832. The van der Waals surface area contributed by atoms with Crippen LogP contribution in [0.1, 0.15) is 24.8 Å². The normalized spacial score (nSPS) is 24.8. The Morgan fingerprint density at radius 2 is 2.28 bits per heavy atom. The van der Waals surface area contributed by atoms with Gasteiger partial charge >= 0.3 is 0 Å². The van der Waals surface area contributed by atoms with Gasteiger partial charge in [0.15, 0.2) is 0 Å². The highest BCUT2D eigenvalue weighted by molar-refractivity contribution is 6.13. The fraction of sp³-hybridized carbons (Fsp3) is 0.389. The van der Waals surface area contributed by atoms with Crippen molar-refractivity contribution in [1.82, 2.24) is 20.4 Å². The van der Waals surface area contributed by atoms with Gasteiger partial charge in [0, 0.05) is 19.5 Å². The van der Waals surface area contributed by atoms with Crippen molar-refractivity contribution in [3.63, 3.8) is 0 Å². The van der Waals surface area contributed by atoms with E-state index in [-0.39, 0.29) is 18.1 Å². The van der Waals surface area contributed by atoms with Gasteiger partial charge in [-0.2, -0.15) is 5.10 Å². The summed E-state index contributed by atoms with van der Waals surface area (Å²) >= 11 is 0. The van der Waals surface area contributed by atoms with Crippen LogP contribution >= 0.6 is 0 Å². The van der Waals surface area contributed by atoms with Gasteiger partial charge in [-0.15, -0.1) is 0 Å². The molecule has 2 aliphatic rings. The fourth-order valence-corrected chi connectivity index (χ4v) is 3.52. The smallest absolute Gasteiger partial charge is 0.276 e. The molecule has 2 heterocycles. The summed E-state index contributed by atoms with van der Waals surface area (Å²) in [6, 6.07) is 6.15. The van der Waals surface area contributed by atoms with E-state index in [1.165, 1.54) is 0 Å². The van der Waals surface area contributed by atoms with E-state index in [0.29, 0.717) is 11.7 Å². The van der Waals surface area contributed by atoms with E-state index in [9.17, 15) is 4.79 Å². The summed E-state index contributed by atoms with van der Waals surface area (Å²) in [7, 11) is 3.63. The third-order valence-electron chi connectivity index (χ3n) is 4.85. The van der Waals surface area contributed by atoms with Crippen LogP contribution in [-0.2, 0) is 16.6 Å². The van der Waals surface area contributed by atoms with Crippen molar-refractivity contribution in [3.05, 3.63) is 35.7 Å². The summed E-state index contributed by atoms with van der Waals surface area (Å²) in [5.74, 6) is 0.313. The number of hydrogen-bond donors (Lipinski definition) is 2. The summed E-state index contributed by atoms with van der Waals surface area (Å²) in [5, 5.41) is 11.4. The first-order valence-corrected chi connectivity index (χ1v) is 8.47. The molecule has 1 aromatic carbocycles. The lowest BCUT2D eigenvalue weighted by atomic mass is 10.1. The van der Waals surface area contributed by atoms with Gasteiger partial charge in [0.05, 0.1) is 23.9 Å². The molecule has 1 aliphatic carbocycles. The van der Waals surface area contributed by atoms with Crippen LogP contribution in [0, 0.1) is 0 Å². The highest BCUT2D eigenvalue weighted by Crippen LogP contribution is 2.22. The lowest BCUT2D eigenvalue weighted by Gasteiger charge is -2.19. The molecule has 2 N–H and O–H groups in total. The number of aryl methyl sites for hydroxylation is 1. The number of benzene rings is 1. The molecule has 7 nitrogen and oxygen atoms in total. The van der Waals surface area contributed by atoms with Gasteiger partial charge in [-0.25, -0.2) is 4.99 Å². The average Bonchev–Trinajstić information content (AvgIpc) is 3.29. The minimum atomic E-state index is -0.194. The second-order valence-corrected chi connectivity index (χ2v) is 6.49. The lowest BCUT2D eigenvalue weighted by molar-refractivity contribution is -0.115. The van der Waals surface area contributed by atoms with Crippen molar-refractivity contribution in [2.45, 2.75) is 31.4 Å². The maximum absolute atomic E-state index is 12.2. The molecule has 2 aromatic rings. The molecule has 0 spiro atoms. The van der Waals surface area contributed by atoms with Gasteiger partial charge in [0.2, 0.25) is 5.96 Å². The molecular weight excluding hydrogens is 318 g/mol. The number of aliphatic imine (C=N–C) groups is 1. The molecule has 0 bridgehead atoms. The Balaban J connectivity index is 1.55. The zero-order valence-corrected chi connectivity index (χ0v) is 14.3. The predicted molar refractivity (Wildman–Crippen MR) is 95.8 cm³/mol. The minimum absolute atomic E-state index is 0.167. The van der Waals surface area contributed by atoms with Crippen molar-refractivity contribution < 1.29 is 9.53 Å². The summed E-state index contributed by atoms with van der Waals surface area (Å²) in [6.45, 7) is 0. The Labute approximate surface area is 145 Å². The SMILES string of the molecule is CO[C@H]1CCC[C@@H]1NC1=N/C(=C\c2ccc3c(cnn3C)c2)C(=O)N1. The zero-order valence-electron chi connectivity index (χ0n) is 14.3. The Hall–Kier alpha value is -2.67. The van der Waals surface area contributed by atoms with E-state index in [1.54, 1.807) is 13.2 Å². The topological polar surface area (TPSA) is 80.5 Å². The zero-order chi connectivity index (χ0) is 17.4. The molecule has 2 atom stereocenters. The Kier molecular flexibility index (Phi) is 4.01. The number of nitrogens with one attached hydrogen (secondary N) is 2. The van der Waals surface area contributed by atoms with Crippen molar-refractivity contribution in [1.29, 1.82) is 0 Å². The molecule has 1 amide bonds. The summed E-state index contributed by atoms with van der Waals surface area (Å²) in [5.41, 5.74) is 2.37. The number of guanidine groups is 1. The molecule has 0 radical (unpaired) electrons. The van der Waals surface area contributed by atoms with Crippen LogP contribution in [0.4, 0.5) is 0 Å². The summed E-state index contributed by atoms with van der Waals surface area (Å²) < 4.78 is 7.30. The molecule has 0 unspecified atom stereocenters. The highest BCUT2D eigenvalue weighted by atomic mass is 16.5. The van der Waals surface area contributed by atoms with Gasteiger partial charge in [-0.3, -0.25) is 14.8 Å². The van der Waals surface area contributed by atoms with Crippen LogP contribution in [-0.4, -0.2) is 40.9 Å². The third kappa shape index (κ3) is 3.02. The van der Waals surface area contributed by atoms with E-state index in [0.717, 1.165) is 35.7 Å². The van der Waals surface area contributed by atoms with Gasteiger partial charge < -0.3 is 10.1 Å². The van der Waals surface area contributed by atoms with Gasteiger partial charge in [0.25, 0.3) is 5.91 Å². The molecule has 7 heteroatoms. The summed E-state index contributed by atoms with van der Waals surface area (Å²) in [4.78, 5) is 16.6. The largest absolute Gasteiger partial charge is 0.379 e. The first-order valence-electron chi connectivity index (χ1n) is 8.47. The van der Waals surface area contributed by atoms with Crippen molar-refractivity contribution in [2.75, 3.05) is 7.11 Å². The van der Waals surface area contributed by atoms with E-state index in [2.05, 4.69) is 20.7 Å². The minimum Gasteiger partial charge on any atom is -0.379 e. The van der Waals surface area contributed by atoms with Gasteiger partial charge in [0.1, 0.15) is 5.70 Å². The van der Waals surface area contributed by atoms with Crippen LogP contribution in [0.3, 0.4) is 0 Å². The van der Waals surface area contributed by atoms with Crippen LogP contribution < -0.4 is 10.6 Å². The molecule has 1 saturated carbocycles. The Morgan fingerprint density at radius 3 is 3.12 bits per heavy atom. The number of carbonyl (C=O) groups excluding carboxylic acids is 1. The van der Waals surface area contributed by atoms with Crippen LogP contribution in [0.25, 0.3) is 17.0 Å². The number of methoxy groups -OCH3 is 1. The fourth-order valence-electron chi connectivity index (χ4n) is 3.52. The Bertz CT molecular complexity index is 883. The first kappa shape index (κ1) is 15.8. The van der Waals surface area contributed by atoms with Crippen LogP contribution in [0.5, 0.6) is 0 Å². The third-order valence-corrected chi connectivity index (χ3v) is 4.85. The average molecular weight is 339 g/mol. The molecule has 4 rings (SSSR count). The number of nitrogens with zero attached hydrogens (tertiary/aromatic N) is 3. The molecule has 1 fully saturated rings. The molecular formula is C18H21N5O2. The molecule has 25 heavy (non-hydrogen) atoms. The van der Waals surface area contributed by atoms with E-state index in [4.69, 9.17) is 4.74 Å². The van der Waals surface area contributed by atoms with Crippen LogP contribution in [0.2, 0.25) is 0 Å². The van der Waals surface area contributed by atoms with E-state index in [1.807, 2.05) is 36.1 Å². The number of ether oxygens (including phenoxy) is 1. The van der Waals surface area contributed by atoms with Crippen LogP contribution in [0.15, 0.2) is 35.1 Å². The number of hydrogen-bond acceptors (Lipinski definition) is 5. The Morgan fingerprint density at radius 1 is 1.40 bits per heavy atom. The predicted octanol–water partition coefficient (Wildman–Crippen LogP) is 1.56. The van der Waals surface area contributed by atoms with Gasteiger partial charge in [-0.05, 0) is 43.0 Å². The number of amides is 1. The van der Waals surface area contributed by atoms with E-state index >= 15 is 0 Å². The standard InChI is InChI=1S/C18H21N5O2/c1-23-15-7-6-11(8-12(15)10-19-23)9-14-17(24)22-18(21-14)20-13-4-3-5-16(13)25-2/h6-10,13,16H,3-5H2,1-2H3,(H2,20,21,22,24)/b14-9-/t13-,16-/m0/s1. The van der Waals surface area contributed by atoms with Crippen molar-refractivity contribution in [2.24, 2.45) is 12.0 Å².